The van der Waals surface area contributed by atoms with Gasteiger partial charge in [0.1, 0.15) is 0 Å². The van der Waals surface area contributed by atoms with E-state index >= 15 is 0 Å². The van der Waals surface area contributed by atoms with Gasteiger partial charge >= 0.3 is 0 Å². The van der Waals surface area contributed by atoms with Gasteiger partial charge in [0.15, 0.2) is 0 Å². The van der Waals surface area contributed by atoms with Crippen molar-refractivity contribution in [2.45, 2.75) is 37.0 Å². The van der Waals surface area contributed by atoms with Crippen LogP contribution in [-0.2, 0) is 10.0 Å². The van der Waals surface area contributed by atoms with E-state index in [9.17, 15) is 13.2 Å². The number of nitrogens with one attached hydrogen (secondary N) is 1. The SMILES string of the molecule is O=C(c1cc(NS(=O)(=O)c2ccc(Cl)cc2)ccc1N1CCCC1)N1CCCCC1. The van der Waals surface area contributed by atoms with Crippen LogP contribution in [0.5, 0.6) is 0 Å². The lowest BCUT2D eigenvalue weighted by atomic mass is 10.1. The van der Waals surface area contributed by atoms with E-state index in [0.29, 0.717) is 16.3 Å². The minimum atomic E-state index is -3.78. The Labute approximate surface area is 182 Å². The second-order valence-corrected chi connectivity index (χ2v) is 9.96. The highest BCUT2D eigenvalue weighted by molar-refractivity contribution is 7.92. The molecule has 0 bridgehead atoms. The lowest BCUT2D eigenvalue weighted by Crippen LogP contribution is -2.36. The van der Waals surface area contributed by atoms with Crippen LogP contribution in [0.2, 0.25) is 5.02 Å². The van der Waals surface area contributed by atoms with Crippen molar-refractivity contribution < 1.29 is 13.2 Å². The van der Waals surface area contributed by atoms with Gasteiger partial charge in [-0.25, -0.2) is 8.42 Å². The highest BCUT2D eigenvalue weighted by Gasteiger charge is 2.25. The number of hydrogen-bond acceptors (Lipinski definition) is 4. The minimum absolute atomic E-state index is 0.0239. The molecule has 0 radical (unpaired) electrons. The summed E-state index contributed by atoms with van der Waals surface area (Å²) in [5.74, 6) is -0.0239. The summed E-state index contributed by atoms with van der Waals surface area (Å²) in [6.45, 7) is 3.32. The average molecular weight is 448 g/mol. The maximum atomic E-state index is 13.3. The number of carbonyl (C=O) groups excluding carboxylic acids is 1. The van der Waals surface area contributed by atoms with E-state index in [-0.39, 0.29) is 10.8 Å². The van der Waals surface area contributed by atoms with Crippen molar-refractivity contribution >= 4 is 38.9 Å². The Morgan fingerprint density at radius 3 is 2.17 bits per heavy atom. The van der Waals surface area contributed by atoms with E-state index in [4.69, 9.17) is 11.6 Å². The molecular weight excluding hydrogens is 422 g/mol. The Kier molecular flexibility index (Phi) is 6.20. The van der Waals surface area contributed by atoms with Crippen LogP contribution < -0.4 is 9.62 Å². The molecule has 2 fully saturated rings. The molecule has 0 aliphatic carbocycles. The molecule has 2 aliphatic rings. The molecule has 0 spiro atoms. The summed E-state index contributed by atoms with van der Waals surface area (Å²) < 4.78 is 28.2. The van der Waals surface area contributed by atoms with Crippen LogP contribution in [0.25, 0.3) is 0 Å². The summed E-state index contributed by atoms with van der Waals surface area (Å²) >= 11 is 5.87. The number of carbonyl (C=O) groups is 1. The van der Waals surface area contributed by atoms with Gasteiger partial charge in [0.2, 0.25) is 0 Å². The summed E-state index contributed by atoms with van der Waals surface area (Å²) in [4.78, 5) is 17.5. The molecule has 2 aromatic carbocycles. The third-order valence-electron chi connectivity index (χ3n) is 5.69. The maximum Gasteiger partial charge on any atom is 0.261 e. The van der Waals surface area contributed by atoms with Crippen LogP contribution in [0, 0.1) is 0 Å². The fourth-order valence-electron chi connectivity index (χ4n) is 4.10. The number of benzene rings is 2. The number of rotatable bonds is 5. The fourth-order valence-corrected chi connectivity index (χ4v) is 5.28. The van der Waals surface area contributed by atoms with Crippen molar-refractivity contribution in [3.8, 4) is 0 Å². The second-order valence-electron chi connectivity index (χ2n) is 7.84. The maximum absolute atomic E-state index is 13.3. The lowest BCUT2D eigenvalue weighted by Gasteiger charge is -2.29. The molecule has 1 amide bonds. The van der Waals surface area contributed by atoms with Crippen molar-refractivity contribution in [1.29, 1.82) is 0 Å². The number of halogens is 1. The first-order valence-corrected chi connectivity index (χ1v) is 12.3. The fraction of sp³-hybridized carbons (Fsp3) is 0.409. The Bertz CT molecular complexity index is 1010. The van der Waals surface area contributed by atoms with E-state index in [0.717, 1.165) is 64.0 Å². The summed E-state index contributed by atoms with van der Waals surface area (Å²) in [5, 5.41) is 0.471. The molecular formula is C22H26ClN3O3S. The summed E-state index contributed by atoms with van der Waals surface area (Å²) in [7, 11) is -3.78. The Hall–Kier alpha value is -2.25. The number of amides is 1. The van der Waals surface area contributed by atoms with Gasteiger partial charge in [0.05, 0.1) is 10.5 Å². The van der Waals surface area contributed by atoms with Gasteiger partial charge in [-0.15, -0.1) is 0 Å². The van der Waals surface area contributed by atoms with E-state index < -0.39 is 10.0 Å². The van der Waals surface area contributed by atoms with Crippen LogP contribution in [0.3, 0.4) is 0 Å². The van der Waals surface area contributed by atoms with Crippen molar-refractivity contribution in [3.05, 3.63) is 53.1 Å². The third-order valence-corrected chi connectivity index (χ3v) is 7.34. The van der Waals surface area contributed by atoms with Gasteiger partial charge in [-0.2, -0.15) is 0 Å². The Balaban J connectivity index is 1.65. The number of piperidine rings is 1. The standard InChI is InChI=1S/C22H26ClN3O3S/c23-17-6-9-19(10-7-17)30(28,29)24-18-8-11-21(25-12-4-5-13-25)20(16-18)22(27)26-14-2-1-3-15-26/h6-11,16,24H,1-5,12-15H2. The topological polar surface area (TPSA) is 69.7 Å². The second kappa shape index (κ2) is 8.86. The normalized spacial score (nSPS) is 17.2. The molecule has 2 aromatic rings. The van der Waals surface area contributed by atoms with Gasteiger partial charge in [-0.1, -0.05) is 11.6 Å². The van der Waals surface area contributed by atoms with Gasteiger partial charge in [-0.3, -0.25) is 9.52 Å². The van der Waals surface area contributed by atoms with Crippen LogP contribution in [0.4, 0.5) is 11.4 Å². The summed E-state index contributed by atoms with van der Waals surface area (Å²) in [6, 6.07) is 11.3. The van der Waals surface area contributed by atoms with Gasteiger partial charge in [-0.05, 0) is 74.6 Å². The van der Waals surface area contributed by atoms with Gasteiger partial charge in [0.25, 0.3) is 15.9 Å². The molecule has 0 unspecified atom stereocenters. The zero-order valence-corrected chi connectivity index (χ0v) is 18.4. The van der Waals surface area contributed by atoms with Crippen molar-refractivity contribution in [2.75, 3.05) is 35.8 Å². The zero-order chi connectivity index (χ0) is 21.1. The van der Waals surface area contributed by atoms with Crippen LogP contribution in [-0.4, -0.2) is 45.4 Å². The van der Waals surface area contributed by atoms with Crippen LogP contribution in [0.15, 0.2) is 47.4 Å². The predicted octanol–water partition coefficient (Wildman–Crippen LogP) is 4.37. The quantitative estimate of drug-likeness (QED) is 0.739. The molecule has 1 N–H and O–H groups in total. The van der Waals surface area contributed by atoms with Crippen molar-refractivity contribution in [2.24, 2.45) is 0 Å². The molecule has 2 heterocycles. The lowest BCUT2D eigenvalue weighted by molar-refractivity contribution is 0.0725. The van der Waals surface area contributed by atoms with E-state index in [2.05, 4.69) is 9.62 Å². The van der Waals surface area contributed by atoms with Gasteiger partial charge in [0, 0.05) is 42.6 Å². The first-order valence-electron chi connectivity index (χ1n) is 10.4. The van der Waals surface area contributed by atoms with Crippen LogP contribution >= 0.6 is 11.6 Å². The molecule has 160 valence electrons. The smallest absolute Gasteiger partial charge is 0.261 e. The number of anilines is 2. The number of hydrogen-bond donors (Lipinski definition) is 1. The highest BCUT2D eigenvalue weighted by atomic mass is 35.5. The summed E-state index contributed by atoms with van der Waals surface area (Å²) in [5.41, 5.74) is 1.83. The number of nitrogens with zero attached hydrogens (tertiary/aromatic N) is 2. The molecule has 0 saturated carbocycles. The monoisotopic (exact) mass is 447 g/mol. The molecule has 2 aliphatic heterocycles. The zero-order valence-electron chi connectivity index (χ0n) is 16.8. The Morgan fingerprint density at radius 2 is 1.50 bits per heavy atom. The molecule has 30 heavy (non-hydrogen) atoms. The molecule has 8 heteroatoms. The highest BCUT2D eigenvalue weighted by Crippen LogP contribution is 2.30. The van der Waals surface area contributed by atoms with Gasteiger partial charge < -0.3 is 9.80 Å². The van der Waals surface area contributed by atoms with E-state index in [1.807, 2.05) is 11.0 Å². The molecule has 0 aromatic heterocycles. The third kappa shape index (κ3) is 4.57. The van der Waals surface area contributed by atoms with E-state index in [1.165, 1.54) is 24.3 Å². The average Bonchev–Trinajstić information content (AvgIpc) is 3.28. The minimum Gasteiger partial charge on any atom is -0.371 e. The first kappa shape index (κ1) is 21.0. The Morgan fingerprint density at radius 1 is 0.867 bits per heavy atom. The largest absolute Gasteiger partial charge is 0.371 e. The number of likely N-dealkylation sites (tertiary alicyclic amines) is 1. The van der Waals surface area contributed by atoms with E-state index in [1.54, 1.807) is 12.1 Å². The molecule has 6 nitrogen and oxygen atoms in total. The molecule has 2 saturated heterocycles. The predicted molar refractivity (Wildman–Crippen MR) is 120 cm³/mol. The summed E-state index contributed by atoms with van der Waals surface area (Å²) in [6.07, 6.45) is 5.36. The number of sulfonamides is 1. The molecule has 4 rings (SSSR count). The van der Waals surface area contributed by atoms with Crippen molar-refractivity contribution in [1.82, 2.24) is 4.90 Å². The van der Waals surface area contributed by atoms with Crippen molar-refractivity contribution in [3.63, 3.8) is 0 Å². The molecule has 0 atom stereocenters. The van der Waals surface area contributed by atoms with Crippen LogP contribution in [0.1, 0.15) is 42.5 Å². The first-order chi connectivity index (χ1) is 14.4.